The molecule has 2 saturated heterocycles. The Balaban J connectivity index is 0.972. The number of alkyl carbamates (subject to hydrolysis) is 1. The van der Waals surface area contributed by atoms with E-state index in [0.29, 0.717) is 59.4 Å². The Hall–Kier alpha value is -6.08. The maximum absolute atomic E-state index is 17.0. The minimum absolute atomic E-state index is 0.112. The minimum Gasteiger partial charge on any atom is -0.464 e. The predicted octanol–water partition coefficient (Wildman–Crippen LogP) is 8.35. The molecule has 16 nitrogen and oxygen atoms in total. The fraction of sp³-hybridized carbons (Fsp3) is 0.471. The Morgan fingerprint density at radius 2 is 1.49 bits per heavy atom. The van der Waals surface area contributed by atoms with Crippen molar-refractivity contribution >= 4 is 40.1 Å². The van der Waals surface area contributed by atoms with Crippen LogP contribution < -0.4 is 15.4 Å². The quantitative estimate of drug-likeness (QED) is 0.0703. The number of halogens is 1. The van der Waals surface area contributed by atoms with Crippen LogP contribution in [-0.2, 0) is 31.9 Å². The number of carbonyl (C=O) groups excluding carboxylic acids is 3. The molecular weight excluding hydrogens is 902 g/mol. The summed E-state index contributed by atoms with van der Waals surface area (Å²) in [6.45, 7) is 8.71. The van der Waals surface area contributed by atoms with Gasteiger partial charge in [0.1, 0.15) is 29.3 Å². The van der Waals surface area contributed by atoms with Crippen LogP contribution in [0, 0.1) is 17.7 Å². The fourth-order valence-electron chi connectivity index (χ4n) is 10.7. The third-order valence-electron chi connectivity index (χ3n) is 14.3. The van der Waals surface area contributed by atoms with E-state index in [1.165, 1.54) is 30.7 Å². The molecule has 6 aromatic rings. The lowest BCUT2D eigenvalue weighted by Crippen LogP contribution is -2.52. The van der Waals surface area contributed by atoms with Gasteiger partial charge in [0, 0.05) is 41.6 Å². The lowest BCUT2D eigenvalue weighted by molar-refractivity contribution is -0.145. The lowest BCUT2D eigenvalue weighted by Gasteiger charge is -2.31. The Kier molecular flexibility index (Phi) is 12.9. The number of nitrogens with one attached hydrogen (secondary N) is 4. The number of benzene rings is 2. The highest BCUT2D eigenvalue weighted by molar-refractivity contribution is 7.12. The van der Waals surface area contributed by atoms with Gasteiger partial charge in [-0.05, 0) is 105 Å². The number of carbonyl (C=O) groups is 3. The van der Waals surface area contributed by atoms with E-state index in [2.05, 4.69) is 43.4 Å². The number of hydrogen-bond donors (Lipinski definition) is 5. The highest BCUT2D eigenvalue weighted by atomic mass is 32.1. The summed E-state index contributed by atoms with van der Waals surface area (Å²) in [5.41, 5.74) is 6.14. The topological polar surface area (TPSA) is 192 Å². The van der Waals surface area contributed by atoms with Crippen molar-refractivity contribution in [3.63, 3.8) is 0 Å². The number of likely N-dealkylation sites (tertiary alicyclic amines) is 2. The zero-order valence-corrected chi connectivity index (χ0v) is 40.6. The van der Waals surface area contributed by atoms with Crippen molar-refractivity contribution in [3.8, 4) is 39.5 Å². The molecule has 18 heteroatoms. The molecule has 0 bridgehead atoms. The molecule has 4 aromatic heterocycles. The van der Waals surface area contributed by atoms with Crippen molar-refractivity contribution in [1.29, 1.82) is 0 Å². The molecule has 2 aromatic carbocycles. The Morgan fingerprint density at radius 1 is 0.841 bits per heavy atom. The maximum atomic E-state index is 17.0. The molecule has 0 saturated carbocycles. The molecule has 6 atom stereocenters. The largest absolute Gasteiger partial charge is 0.464 e. The Bertz CT molecular complexity index is 2880. The number of imidazole rings is 2. The number of ether oxygens (including phenoxy) is 3. The summed E-state index contributed by atoms with van der Waals surface area (Å²) in [5.74, 6) is 0.672. The van der Waals surface area contributed by atoms with E-state index in [0.717, 1.165) is 72.0 Å². The second-order valence-corrected chi connectivity index (χ2v) is 20.5. The third-order valence-corrected chi connectivity index (χ3v) is 15.5. The number of nitrogens with zero attached hydrogens (tertiary/aromatic N) is 5. The van der Waals surface area contributed by atoms with Crippen LogP contribution in [0.1, 0.15) is 111 Å². The molecule has 69 heavy (non-hydrogen) atoms. The molecule has 10 rings (SSSR count). The number of aromatic nitrogens is 5. The number of rotatable bonds is 13. The molecule has 364 valence electrons. The number of aliphatic hydroxyl groups is 1. The van der Waals surface area contributed by atoms with E-state index >= 15 is 4.39 Å². The average molecular weight is 962 g/mol. The van der Waals surface area contributed by atoms with Crippen molar-refractivity contribution in [1.82, 2.24) is 44.9 Å². The van der Waals surface area contributed by atoms with E-state index in [-0.39, 0.29) is 35.7 Å². The van der Waals surface area contributed by atoms with E-state index in [4.69, 9.17) is 24.2 Å². The summed E-state index contributed by atoms with van der Waals surface area (Å²) in [7, 11) is 2.66. The van der Waals surface area contributed by atoms with Crippen LogP contribution in [0.15, 0.2) is 54.9 Å². The average Bonchev–Trinajstić information content (AvgIpc) is 4.21. The number of H-pyrrole nitrogens is 2. The second-order valence-electron chi connectivity index (χ2n) is 19.4. The van der Waals surface area contributed by atoms with E-state index in [9.17, 15) is 19.5 Å². The van der Waals surface area contributed by atoms with Crippen LogP contribution in [0.25, 0.3) is 44.7 Å². The number of fused-ring (bicyclic) bond motifs is 6. The van der Waals surface area contributed by atoms with Crippen LogP contribution >= 0.6 is 11.3 Å². The molecule has 1 aliphatic carbocycles. The van der Waals surface area contributed by atoms with Gasteiger partial charge in [0.15, 0.2) is 0 Å². The molecule has 2 unspecified atom stereocenters. The highest BCUT2D eigenvalue weighted by Crippen LogP contribution is 2.49. The van der Waals surface area contributed by atoms with Gasteiger partial charge in [-0.15, -0.1) is 11.3 Å². The van der Waals surface area contributed by atoms with Crippen molar-refractivity contribution in [3.05, 3.63) is 87.6 Å². The van der Waals surface area contributed by atoms with Gasteiger partial charge in [0.05, 0.1) is 70.7 Å². The molecular formula is C51H60FN9O7S. The number of aromatic amines is 2. The molecule has 4 aliphatic rings. The van der Waals surface area contributed by atoms with Crippen LogP contribution in [0.2, 0.25) is 0 Å². The summed E-state index contributed by atoms with van der Waals surface area (Å²) >= 11 is 1.77. The van der Waals surface area contributed by atoms with Crippen LogP contribution in [-0.4, -0.2) is 103 Å². The SMILES string of the molecule is COC(=O)N[C@H](C(=O)N1CCC[C@H]1c1ncc(-c2ccc3c(c2)cc2n3C(c3cc4c(s3)CCCC4)Oc3cc(-c4cnc([C@@H]5CCCN5C(=O)[C@@H](NC(O)OC)C(C)C)[nH]4)cc(F)c3-2)[nH]1)C(C)C. The molecule has 3 aliphatic heterocycles. The summed E-state index contributed by atoms with van der Waals surface area (Å²) in [5, 5.41) is 16.7. The van der Waals surface area contributed by atoms with E-state index in [1.54, 1.807) is 33.5 Å². The molecule has 5 N–H and O–H groups in total. The van der Waals surface area contributed by atoms with Crippen molar-refractivity contribution in [2.24, 2.45) is 11.8 Å². The number of hydrogen-bond acceptors (Lipinski definition) is 11. The number of methoxy groups -OCH3 is 2. The molecule has 0 radical (unpaired) electrons. The van der Waals surface area contributed by atoms with Gasteiger partial charge in [-0.1, -0.05) is 33.8 Å². The third kappa shape index (κ3) is 8.69. The molecule has 7 heterocycles. The van der Waals surface area contributed by atoms with Gasteiger partial charge >= 0.3 is 6.09 Å². The number of amides is 3. The van der Waals surface area contributed by atoms with Crippen molar-refractivity contribution in [2.45, 2.75) is 116 Å². The number of aliphatic hydroxyl groups excluding tert-OH is 1. The number of aryl methyl sites for hydroxylation is 2. The minimum atomic E-state index is -1.28. The van der Waals surface area contributed by atoms with Crippen LogP contribution in [0.4, 0.5) is 9.18 Å². The first-order valence-corrected chi connectivity index (χ1v) is 24.9. The van der Waals surface area contributed by atoms with Crippen molar-refractivity contribution < 1.29 is 38.1 Å². The zero-order valence-electron chi connectivity index (χ0n) is 39.8. The molecule has 2 fully saturated rings. The standard InChI is InChI=1S/C51H60FN9O7S/c1-26(2)43(57-50(64)66-5)47(62)59-17-9-12-36(59)45-53-24-33(55-45)28-15-16-35-31(19-28)21-38-42-32(52)20-30(22-39(42)68-49(61(35)38)41-23-29-11-7-8-14-40(29)69-41)34-25-54-46(56-34)37-13-10-18-60(37)48(63)44(27(3)4)58-51(65)67-6/h15-16,19-27,36-37,43-44,49,51,58,65H,7-14,17-18H2,1-6H3,(H,53,55)(H,54,56)(H,57,64)/t36-,37-,43-,44-,49?,51?/m0/s1. The maximum Gasteiger partial charge on any atom is 0.407 e. The van der Waals surface area contributed by atoms with E-state index < -0.39 is 36.6 Å². The van der Waals surface area contributed by atoms with Gasteiger partial charge in [0.25, 0.3) is 0 Å². The normalized spacial score (nSPS) is 20.2. The zero-order chi connectivity index (χ0) is 48.2. The predicted molar refractivity (Wildman–Crippen MR) is 259 cm³/mol. The van der Waals surface area contributed by atoms with Gasteiger partial charge in [-0.3, -0.25) is 19.5 Å². The monoisotopic (exact) mass is 961 g/mol. The summed E-state index contributed by atoms with van der Waals surface area (Å²) < 4.78 is 35.9. The first kappa shape index (κ1) is 46.6. The summed E-state index contributed by atoms with van der Waals surface area (Å²) in [6.07, 6.45) is 8.36. The van der Waals surface area contributed by atoms with Gasteiger partial charge in [-0.2, -0.15) is 0 Å². The van der Waals surface area contributed by atoms with E-state index in [1.807, 2.05) is 45.9 Å². The van der Waals surface area contributed by atoms with Gasteiger partial charge in [-0.25, -0.2) is 19.2 Å². The van der Waals surface area contributed by atoms with Crippen LogP contribution in [0.3, 0.4) is 0 Å². The molecule has 0 spiro atoms. The Labute approximate surface area is 403 Å². The van der Waals surface area contributed by atoms with Gasteiger partial charge in [0.2, 0.25) is 24.5 Å². The number of thiophene rings is 1. The Morgan fingerprint density at radius 3 is 2.13 bits per heavy atom. The first-order valence-electron chi connectivity index (χ1n) is 24.1. The first-order chi connectivity index (χ1) is 33.3. The lowest BCUT2D eigenvalue weighted by atomic mass is 9.99. The summed E-state index contributed by atoms with van der Waals surface area (Å²) in [6, 6.07) is 11.8. The summed E-state index contributed by atoms with van der Waals surface area (Å²) in [4.78, 5) is 62.3. The van der Waals surface area contributed by atoms with Crippen molar-refractivity contribution in [2.75, 3.05) is 27.3 Å². The smallest absolute Gasteiger partial charge is 0.407 e. The highest BCUT2D eigenvalue weighted by Gasteiger charge is 2.40. The fourth-order valence-corrected chi connectivity index (χ4v) is 12.0. The molecule has 3 amide bonds. The second kappa shape index (κ2) is 19.0. The van der Waals surface area contributed by atoms with Crippen LogP contribution in [0.5, 0.6) is 5.75 Å². The van der Waals surface area contributed by atoms with Gasteiger partial charge < -0.3 is 44.4 Å².